The Morgan fingerprint density at radius 3 is 2.70 bits per heavy atom. The third-order valence-corrected chi connectivity index (χ3v) is 5.40. The average Bonchev–Trinajstić information content (AvgIpc) is 3.08. The molecular formula is C20H17N5OS. The standard InChI is InChI=1S/C20H17N5OS/c1-12-8-9-13(2)17(10-12)24-18(26)15-6-4-5-7-16(15)25-19(24)22-23-20(25)27-14(3)11-21/h4-10,14H,1-3H3. The molecule has 27 heavy (non-hydrogen) atoms. The Hall–Kier alpha value is -3.11. The van der Waals surface area contributed by atoms with Crippen molar-refractivity contribution >= 4 is 28.4 Å². The van der Waals surface area contributed by atoms with Gasteiger partial charge in [-0.3, -0.25) is 9.20 Å². The van der Waals surface area contributed by atoms with E-state index < -0.39 is 0 Å². The Bertz CT molecular complexity index is 1280. The lowest BCUT2D eigenvalue weighted by Gasteiger charge is -2.14. The monoisotopic (exact) mass is 375 g/mol. The first-order chi connectivity index (χ1) is 13.0. The van der Waals surface area contributed by atoms with Crippen molar-refractivity contribution in [1.82, 2.24) is 19.2 Å². The summed E-state index contributed by atoms with van der Waals surface area (Å²) in [5.41, 5.74) is 3.41. The fourth-order valence-corrected chi connectivity index (χ4v) is 3.86. The van der Waals surface area contributed by atoms with Crippen molar-refractivity contribution in [3.05, 3.63) is 63.9 Å². The van der Waals surface area contributed by atoms with Gasteiger partial charge in [-0.05, 0) is 50.1 Å². The van der Waals surface area contributed by atoms with Gasteiger partial charge in [0.25, 0.3) is 5.56 Å². The van der Waals surface area contributed by atoms with E-state index in [0.29, 0.717) is 16.3 Å². The molecule has 0 saturated heterocycles. The lowest BCUT2D eigenvalue weighted by atomic mass is 10.1. The third kappa shape index (κ3) is 2.78. The van der Waals surface area contributed by atoms with Crippen LogP contribution in [0.5, 0.6) is 0 Å². The molecular weight excluding hydrogens is 358 g/mol. The number of para-hydroxylation sites is 1. The van der Waals surface area contributed by atoms with Crippen molar-refractivity contribution in [2.45, 2.75) is 31.2 Å². The van der Waals surface area contributed by atoms with E-state index in [9.17, 15) is 10.1 Å². The van der Waals surface area contributed by atoms with Crippen LogP contribution in [-0.2, 0) is 0 Å². The maximum Gasteiger partial charge on any atom is 0.267 e. The van der Waals surface area contributed by atoms with Crippen molar-refractivity contribution < 1.29 is 0 Å². The van der Waals surface area contributed by atoms with Gasteiger partial charge in [-0.15, -0.1) is 10.2 Å². The van der Waals surface area contributed by atoms with Gasteiger partial charge in [0.05, 0.1) is 27.9 Å². The summed E-state index contributed by atoms with van der Waals surface area (Å²) in [6.07, 6.45) is 0. The molecule has 4 aromatic rings. The molecule has 1 unspecified atom stereocenters. The Labute approximate surface area is 160 Å². The van der Waals surface area contributed by atoms with Crippen molar-refractivity contribution in [2.75, 3.05) is 0 Å². The second-order valence-corrected chi connectivity index (χ2v) is 7.76. The van der Waals surface area contributed by atoms with Crippen LogP contribution < -0.4 is 5.56 Å². The summed E-state index contributed by atoms with van der Waals surface area (Å²) < 4.78 is 3.47. The van der Waals surface area contributed by atoms with Crippen LogP contribution >= 0.6 is 11.8 Å². The van der Waals surface area contributed by atoms with Gasteiger partial charge in [0.15, 0.2) is 5.16 Å². The lowest BCUT2D eigenvalue weighted by molar-refractivity contribution is 0.925. The minimum absolute atomic E-state index is 0.135. The molecule has 0 amide bonds. The number of nitriles is 1. The first kappa shape index (κ1) is 17.3. The molecule has 0 bridgehead atoms. The predicted octanol–water partition coefficient (Wildman–Crippen LogP) is 3.65. The van der Waals surface area contributed by atoms with Crippen molar-refractivity contribution in [3.63, 3.8) is 0 Å². The number of rotatable bonds is 3. The SMILES string of the molecule is Cc1ccc(C)c(-n2c(=O)c3ccccc3n3c(SC(C)C#N)nnc23)c1. The van der Waals surface area contributed by atoms with E-state index in [1.807, 2.05) is 61.6 Å². The van der Waals surface area contributed by atoms with Gasteiger partial charge in [-0.2, -0.15) is 5.26 Å². The summed E-state index contributed by atoms with van der Waals surface area (Å²) in [4.78, 5) is 13.3. The zero-order valence-corrected chi connectivity index (χ0v) is 16.0. The van der Waals surface area contributed by atoms with Crippen molar-refractivity contribution in [1.29, 1.82) is 5.26 Å². The summed E-state index contributed by atoms with van der Waals surface area (Å²) in [6.45, 7) is 5.78. The first-order valence-corrected chi connectivity index (χ1v) is 9.42. The first-order valence-electron chi connectivity index (χ1n) is 8.54. The fourth-order valence-electron chi connectivity index (χ4n) is 3.12. The molecule has 4 rings (SSSR count). The maximum atomic E-state index is 13.3. The molecule has 0 aliphatic heterocycles. The molecule has 0 fully saturated rings. The minimum atomic E-state index is -0.280. The number of fused-ring (bicyclic) bond motifs is 3. The highest BCUT2D eigenvalue weighted by Gasteiger charge is 2.20. The second kappa shape index (κ2) is 6.56. The molecule has 0 spiro atoms. The molecule has 2 heterocycles. The molecule has 0 N–H and O–H groups in total. The molecule has 0 aliphatic rings. The largest absolute Gasteiger partial charge is 0.268 e. The molecule has 2 aromatic heterocycles. The maximum absolute atomic E-state index is 13.3. The van der Waals surface area contributed by atoms with Gasteiger partial charge >= 0.3 is 0 Å². The summed E-state index contributed by atoms with van der Waals surface area (Å²) in [7, 11) is 0. The van der Waals surface area contributed by atoms with Gasteiger partial charge in [-0.1, -0.05) is 36.0 Å². The van der Waals surface area contributed by atoms with Gasteiger partial charge < -0.3 is 0 Å². The van der Waals surface area contributed by atoms with Crippen LogP contribution in [0.3, 0.4) is 0 Å². The Balaban J connectivity index is 2.16. The van der Waals surface area contributed by atoms with Crippen LogP contribution in [0.4, 0.5) is 0 Å². The summed E-state index contributed by atoms with van der Waals surface area (Å²) >= 11 is 1.32. The van der Waals surface area contributed by atoms with Gasteiger partial charge in [0.1, 0.15) is 0 Å². The van der Waals surface area contributed by atoms with E-state index in [1.165, 1.54) is 11.8 Å². The number of thioether (sulfide) groups is 1. The van der Waals surface area contributed by atoms with Crippen molar-refractivity contribution in [2.24, 2.45) is 0 Å². The molecule has 0 aliphatic carbocycles. The highest BCUT2D eigenvalue weighted by Crippen LogP contribution is 2.26. The van der Waals surface area contributed by atoms with E-state index >= 15 is 0 Å². The lowest BCUT2D eigenvalue weighted by Crippen LogP contribution is -2.22. The third-order valence-electron chi connectivity index (χ3n) is 4.46. The molecule has 134 valence electrons. The Morgan fingerprint density at radius 1 is 1.15 bits per heavy atom. The number of aryl methyl sites for hydroxylation is 2. The van der Waals surface area contributed by atoms with E-state index in [4.69, 9.17) is 0 Å². The number of hydrogen-bond acceptors (Lipinski definition) is 5. The summed E-state index contributed by atoms with van der Waals surface area (Å²) in [5.74, 6) is 0.444. The average molecular weight is 375 g/mol. The van der Waals surface area contributed by atoms with Gasteiger partial charge in [0, 0.05) is 0 Å². The number of nitrogens with zero attached hydrogens (tertiary/aromatic N) is 5. The van der Waals surface area contributed by atoms with Crippen LogP contribution in [0, 0.1) is 25.2 Å². The minimum Gasteiger partial charge on any atom is -0.268 e. The fraction of sp³-hybridized carbons (Fsp3) is 0.200. The molecule has 7 heteroatoms. The van der Waals surface area contributed by atoms with E-state index in [2.05, 4.69) is 16.3 Å². The number of aromatic nitrogens is 4. The topological polar surface area (TPSA) is 76.0 Å². The highest BCUT2D eigenvalue weighted by molar-refractivity contribution is 8.00. The zero-order valence-electron chi connectivity index (χ0n) is 15.2. The predicted molar refractivity (Wildman–Crippen MR) is 106 cm³/mol. The molecule has 1 atom stereocenters. The van der Waals surface area contributed by atoms with Gasteiger partial charge in [0.2, 0.25) is 5.78 Å². The van der Waals surface area contributed by atoms with E-state index in [1.54, 1.807) is 10.6 Å². The smallest absolute Gasteiger partial charge is 0.267 e. The van der Waals surface area contributed by atoms with Crippen LogP contribution in [0.2, 0.25) is 0 Å². The molecule has 0 radical (unpaired) electrons. The Kier molecular flexibility index (Phi) is 4.21. The van der Waals surface area contributed by atoms with Crippen LogP contribution in [0.1, 0.15) is 18.1 Å². The number of benzene rings is 2. The van der Waals surface area contributed by atoms with Crippen LogP contribution in [0.15, 0.2) is 52.4 Å². The number of hydrogen-bond donors (Lipinski definition) is 0. The zero-order chi connectivity index (χ0) is 19.1. The van der Waals surface area contributed by atoms with E-state index in [-0.39, 0.29) is 10.8 Å². The quantitative estimate of drug-likeness (QED) is 0.511. The van der Waals surface area contributed by atoms with Crippen LogP contribution in [0.25, 0.3) is 22.4 Å². The second-order valence-electron chi connectivity index (χ2n) is 6.45. The van der Waals surface area contributed by atoms with Gasteiger partial charge in [-0.25, -0.2) is 4.57 Å². The molecule has 2 aromatic carbocycles. The van der Waals surface area contributed by atoms with E-state index in [0.717, 1.165) is 22.3 Å². The van der Waals surface area contributed by atoms with Crippen molar-refractivity contribution in [3.8, 4) is 11.8 Å². The normalized spacial score (nSPS) is 12.4. The summed E-state index contributed by atoms with van der Waals surface area (Å²) in [6, 6.07) is 15.6. The van der Waals surface area contributed by atoms with Crippen LogP contribution in [-0.4, -0.2) is 24.4 Å². The Morgan fingerprint density at radius 2 is 1.93 bits per heavy atom. The molecule has 0 saturated carbocycles. The molecule has 6 nitrogen and oxygen atoms in total. The summed E-state index contributed by atoms with van der Waals surface area (Å²) in [5, 5.41) is 18.7. The highest BCUT2D eigenvalue weighted by atomic mass is 32.2.